The van der Waals surface area contributed by atoms with Crippen molar-refractivity contribution < 1.29 is 22.2 Å². The van der Waals surface area contributed by atoms with Gasteiger partial charge >= 0.3 is 0 Å². The largest absolute Gasteiger partial charge is 0.204 e. The quantitative estimate of drug-likeness (QED) is 0.422. The minimum absolute atomic E-state index is 0.534. The fraction of sp³-hybridized carbons (Fsp3) is 0.143. The van der Waals surface area contributed by atoms with Crippen LogP contribution in [0.15, 0.2) is 12.1 Å². The summed E-state index contributed by atoms with van der Waals surface area (Å²) in [4.78, 5) is 0. The lowest BCUT2D eigenvalue weighted by Gasteiger charge is -2.14. The molecule has 1 rings (SSSR count). The lowest BCUT2D eigenvalue weighted by molar-refractivity contribution is -0.196. The van der Waals surface area contributed by atoms with Crippen molar-refractivity contribution in [1.29, 1.82) is 0 Å². The van der Waals surface area contributed by atoms with Gasteiger partial charge in [-0.05, 0) is 19.1 Å². The predicted molar refractivity (Wildman–Crippen MR) is 38.7 cm³/mol. The van der Waals surface area contributed by atoms with Crippen LogP contribution in [0.1, 0.15) is 5.56 Å². The number of hydrogen-bond acceptors (Lipinski definition) is 2. The summed E-state index contributed by atoms with van der Waals surface area (Å²) in [6, 6.07) is 1.27. The van der Waals surface area contributed by atoms with Crippen molar-refractivity contribution in [2.45, 2.75) is 6.92 Å². The molecule has 0 fully saturated rings. The molecule has 0 aliphatic carbocycles. The first kappa shape index (κ1) is 10.7. The molecule has 0 radical (unpaired) electrons. The lowest BCUT2D eigenvalue weighted by atomic mass is 10.2. The zero-order chi connectivity index (χ0) is 10.9. The molecule has 0 spiro atoms. The van der Waals surface area contributed by atoms with E-state index in [9.17, 15) is 22.2 Å². The average Bonchev–Trinajstić information content (AvgIpc) is 2.13. The number of anilines is 1. The maximum Gasteiger partial charge on any atom is 0.163 e. The number of rotatable bonds is 2. The Balaban J connectivity index is 3.17. The highest BCUT2D eigenvalue weighted by molar-refractivity contribution is 5.50. The summed E-state index contributed by atoms with van der Waals surface area (Å²) in [5.74, 6) is -2.57. The van der Waals surface area contributed by atoms with Crippen molar-refractivity contribution >= 4 is 5.69 Å². The third-order valence-corrected chi connectivity index (χ3v) is 1.64. The van der Waals surface area contributed by atoms with E-state index in [2.05, 4.69) is 0 Å². The average molecular weight is 212 g/mol. The highest BCUT2D eigenvalue weighted by Crippen LogP contribution is 2.26. The molecule has 1 aromatic rings. The van der Waals surface area contributed by atoms with Gasteiger partial charge in [0.15, 0.2) is 17.1 Å². The smallest absolute Gasteiger partial charge is 0.163 e. The summed E-state index contributed by atoms with van der Waals surface area (Å²) in [6.45, 7) is 0.990. The van der Waals surface area contributed by atoms with Crippen LogP contribution in [0.3, 0.4) is 0 Å². The number of halogens is 5. The molecule has 0 aliphatic rings. The van der Waals surface area contributed by atoms with Gasteiger partial charge in [0, 0.05) is 5.56 Å². The van der Waals surface area contributed by atoms with Crippen LogP contribution < -0.4 is 5.23 Å². The van der Waals surface area contributed by atoms with E-state index in [1.165, 1.54) is 0 Å². The molecule has 0 bridgehead atoms. The van der Waals surface area contributed by atoms with Crippen molar-refractivity contribution in [1.82, 2.24) is 5.45 Å². The van der Waals surface area contributed by atoms with Crippen LogP contribution in [-0.2, 0) is 0 Å². The number of benzene rings is 1. The summed E-state index contributed by atoms with van der Waals surface area (Å²) >= 11 is 0. The van der Waals surface area contributed by atoms with Gasteiger partial charge in [0.1, 0.15) is 0 Å². The van der Waals surface area contributed by atoms with Crippen LogP contribution in [0.4, 0.5) is 27.9 Å². The molecule has 0 amide bonds. The molecule has 0 saturated heterocycles. The monoisotopic (exact) mass is 212 g/mol. The third-order valence-electron chi connectivity index (χ3n) is 1.64. The Morgan fingerprint density at radius 1 is 1.07 bits per heavy atom. The Morgan fingerprint density at radius 2 is 1.64 bits per heavy atom. The van der Waals surface area contributed by atoms with Crippen LogP contribution in [-0.4, -0.2) is 5.45 Å². The minimum atomic E-state index is -1.88. The minimum Gasteiger partial charge on any atom is -0.204 e. The van der Waals surface area contributed by atoms with E-state index < -0.39 is 33.6 Å². The van der Waals surface area contributed by atoms with Crippen molar-refractivity contribution in [3.05, 3.63) is 29.3 Å². The second-order valence-electron chi connectivity index (χ2n) is 2.48. The molecule has 0 heterocycles. The molecule has 0 aromatic heterocycles. The molecule has 7 heteroatoms. The standard InChI is InChI=1S/C7H5F5N2/c1-4-6(13(10)14(11)12)3-2-5(8)7(4)9/h2-3H,1H3. The number of hydrogen-bond donors (Lipinski definition) is 0. The van der Waals surface area contributed by atoms with E-state index in [4.69, 9.17) is 0 Å². The fourth-order valence-corrected chi connectivity index (χ4v) is 0.923. The highest BCUT2D eigenvalue weighted by atomic mass is 19.4. The van der Waals surface area contributed by atoms with Crippen LogP contribution in [0.5, 0.6) is 0 Å². The zero-order valence-corrected chi connectivity index (χ0v) is 6.94. The molecule has 0 unspecified atom stereocenters. The van der Waals surface area contributed by atoms with Crippen LogP contribution in [0.2, 0.25) is 0 Å². The van der Waals surface area contributed by atoms with Gasteiger partial charge in [-0.2, -0.15) is 0 Å². The van der Waals surface area contributed by atoms with Crippen LogP contribution >= 0.6 is 0 Å². The second-order valence-corrected chi connectivity index (χ2v) is 2.48. The topological polar surface area (TPSA) is 6.48 Å². The van der Waals surface area contributed by atoms with Gasteiger partial charge in [-0.3, -0.25) is 0 Å². The first-order valence-electron chi connectivity index (χ1n) is 3.47. The van der Waals surface area contributed by atoms with E-state index >= 15 is 0 Å². The zero-order valence-electron chi connectivity index (χ0n) is 6.94. The van der Waals surface area contributed by atoms with Gasteiger partial charge in [-0.25, -0.2) is 8.78 Å². The molecule has 78 valence electrons. The van der Waals surface area contributed by atoms with Crippen LogP contribution in [0, 0.1) is 18.6 Å². The Bertz CT molecular complexity index is 341. The van der Waals surface area contributed by atoms with Crippen molar-refractivity contribution in [3.63, 3.8) is 0 Å². The first-order valence-corrected chi connectivity index (χ1v) is 3.47. The fourth-order valence-electron chi connectivity index (χ4n) is 0.923. The van der Waals surface area contributed by atoms with Gasteiger partial charge in [-0.15, -0.1) is 0 Å². The highest BCUT2D eigenvalue weighted by Gasteiger charge is 2.20. The summed E-state index contributed by atoms with van der Waals surface area (Å²) in [7, 11) is 0. The Hall–Kier alpha value is -1.37. The molecule has 0 N–H and O–H groups in total. The molecule has 2 nitrogen and oxygen atoms in total. The normalized spacial score (nSPS) is 10.8. The Labute approximate surface area is 75.9 Å². The maximum absolute atomic E-state index is 12.8. The van der Waals surface area contributed by atoms with E-state index in [0.717, 1.165) is 6.92 Å². The van der Waals surface area contributed by atoms with Gasteiger partial charge in [0.25, 0.3) is 0 Å². The first-order chi connectivity index (χ1) is 6.45. The molecule has 0 saturated carbocycles. The molecular weight excluding hydrogens is 207 g/mol. The summed E-state index contributed by atoms with van der Waals surface area (Å²) in [6.07, 6.45) is 0. The van der Waals surface area contributed by atoms with Gasteiger partial charge in [-0.1, -0.05) is 18.7 Å². The van der Waals surface area contributed by atoms with Crippen LogP contribution in [0.25, 0.3) is 0 Å². The van der Waals surface area contributed by atoms with E-state index in [-0.39, 0.29) is 0 Å². The van der Waals surface area contributed by atoms with Crippen molar-refractivity contribution in [2.75, 3.05) is 5.23 Å². The Kier molecular flexibility index (Phi) is 2.90. The van der Waals surface area contributed by atoms with E-state index in [0.29, 0.717) is 12.1 Å². The van der Waals surface area contributed by atoms with Gasteiger partial charge < -0.3 is 0 Å². The van der Waals surface area contributed by atoms with Crippen molar-refractivity contribution in [2.24, 2.45) is 0 Å². The molecule has 1 aromatic carbocycles. The van der Waals surface area contributed by atoms with Crippen molar-refractivity contribution in [3.8, 4) is 0 Å². The molecule has 14 heavy (non-hydrogen) atoms. The van der Waals surface area contributed by atoms with E-state index in [1.807, 2.05) is 0 Å². The third kappa shape index (κ3) is 1.77. The second kappa shape index (κ2) is 3.79. The SMILES string of the molecule is Cc1c(N(F)N(F)F)ccc(F)c1F. The number of hydrazine groups is 1. The summed E-state index contributed by atoms with van der Waals surface area (Å²) in [5.41, 5.74) is -3.17. The summed E-state index contributed by atoms with van der Waals surface area (Å²) < 4.78 is 61.2. The van der Waals surface area contributed by atoms with Gasteiger partial charge in [0.2, 0.25) is 0 Å². The van der Waals surface area contributed by atoms with Gasteiger partial charge in [0.05, 0.1) is 5.69 Å². The van der Waals surface area contributed by atoms with E-state index in [1.54, 1.807) is 0 Å². The maximum atomic E-state index is 12.8. The molecule has 0 aliphatic heterocycles. The lowest BCUT2D eigenvalue weighted by Crippen LogP contribution is -2.23. The summed E-state index contributed by atoms with van der Waals surface area (Å²) in [5, 5.41) is -1.09. The predicted octanol–water partition coefficient (Wildman–Crippen LogP) is 2.95. The number of nitrogens with zero attached hydrogens (tertiary/aromatic N) is 2. The molecule has 0 atom stereocenters. The molecular formula is C7H5F5N2. The Morgan fingerprint density at radius 3 is 2.14 bits per heavy atom.